The molecule has 0 aliphatic carbocycles. The van der Waals surface area contributed by atoms with Gasteiger partial charge in [0.25, 0.3) is 0 Å². The molecule has 7 heteroatoms. The molecule has 0 spiro atoms. The summed E-state index contributed by atoms with van der Waals surface area (Å²) in [6.45, 7) is 3.76. The first-order valence-corrected chi connectivity index (χ1v) is 9.25. The van der Waals surface area contributed by atoms with Crippen molar-refractivity contribution < 1.29 is 9.18 Å². The average Bonchev–Trinajstić information content (AvgIpc) is 2.64. The lowest BCUT2D eigenvalue weighted by atomic mass is 10.2. The van der Waals surface area contributed by atoms with Crippen molar-refractivity contribution in [2.24, 2.45) is 0 Å². The van der Waals surface area contributed by atoms with Crippen molar-refractivity contribution in [3.8, 4) is 0 Å². The molecule has 1 aliphatic rings. The number of halogens is 3. The maximum Gasteiger partial charge on any atom is 0.225 e. The molecule has 3 rings (SSSR count). The zero-order valence-corrected chi connectivity index (χ0v) is 15.7. The Morgan fingerprint density at radius 2 is 1.77 bits per heavy atom. The van der Waals surface area contributed by atoms with Gasteiger partial charge in [0.15, 0.2) is 0 Å². The Labute approximate surface area is 162 Å². The largest absolute Gasteiger partial charge is 0.367 e. The molecular weight excluding hydrogens is 376 g/mol. The Hall–Kier alpha value is -1.82. The minimum Gasteiger partial charge on any atom is -0.367 e. The Morgan fingerprint density at radius 1 is 1.04 bits per heavy atom. The molecule has 2 aromatic carbocycles. The van der Waals surface area contributed by atoms with Crippen LogP contribution in [0.15, 0.2) is 42.5 Å². The lowest BCUT2D eigenvalue weighted by molar-refractivity contribution is -0.116. The summed E-state index contributed by atoms with van der Waals surface area (Å²) in [5.74, 6) is -0.262. The Kier molecular flexibility index (Phi) is 6.35. The fraction of sp³-hybridized carbons (Fsp3) is 0.316. The highest BCUT2D eigenvalue weighted by Crippen LogP contribution is 2.25. The van der Waals surface area contributed by atoms with Crippen molar-refractivity contribution in [3.05, 3.63) is 58.3 Å². The van der Waals surface area contributed by atoms with Crippen LogP contribution in [0.1, 0.15) is 6.42 Å². The third kappa shape index (κ3) is 4.87. The van der Waals surface area contributed by atoms with Crippen LogP contribution in [0.2, 0.25) is 10.0 Å². The molecule has 2 aromatic rings. The van der Waals surface area contributed by atoms with Gasteiger partial charge in [-0.3, -0.25) is 9.69 Å². The highest BCUT2D eigenvalue weighted by molar-refractivity contribution is 6.42. The van der Waals surface area contributed by atoms with Crippen LogP contribution in [0.3, 0.4) is 0 Å². The van der Waals surface area contributed by atoms with E-state index in [2.05, 4.69) is 10.2 Å². The second kappa shape index (κ2) is 8.71. The second-order valence-electron chi connectivity index (χ2n) is 6.21. The molecule has 0 unspecified atom stereocenters. The zero-order chi connectivity index (χ0) is 18.5. The van der Waals surface area contributed by atoms with E-state index in [1.165, 1.54) is 6.07 Å². The lowest BCUT2D eigenvalue weighted by Gasteiger charge is -2.36. The van der Waals surface area contributed by atoms with Crippen molar-refractivity contribution in [2.75, 3.05) is 42.9 Å². The third-order valence-electron chi connectivity index (χ3n) is 4.42. The normalized spacial score (nSPS) is 15.1. The number of hydrogen-bond acceptors (Lipinski definition) is 3. The van der Waals surface area contributed by atoms with E-state index in [-0.39, 0.29) is 11.7 Å². The van der Waals surface area contributed by atoms with Crippen LogP contribution in [0.4, 0.5) is 15.8 Å². The summed E-state index contributed by atoms with van der Waals surface area (Å²) < 4.78 is 13.9. The molecule has 1 aliphatic heterocycles. The summed E-state index contributed by atoms with van der Waals surface area (Å²) in [6, 6.07) is 11.8. The van der Waals surface area contributed by atoms with E-state index in [0.717, 1.165) is 26.2 Å². The molecule has 1 N–H and O–H groups in total. The maximum absolute atomic E-state index is 13.9. The van der Waals surface area contributed by atoms with Gasteiger partial charge in [-0.05, 0) is 30.3 Å². The Bertz CT molecular complexity index is 779. The topological polar surface area (TPSA) is 35.6 Å². The SMILES string of the molecule is O=C(CCN1CCN(c2ccccc2F)CC1)Nc1ccc(Cl)c(Cl)c1. The third-order valence-corrected chi connectivity index (χ3v) is 5.16. The monoisotopic (exact) mass is 395 g/mol. The molecule has 0 atom stereocenters. The molecule has 1 amide bonds. The smallest absolute Gasteiger partial charge is 0.225 e. The van der Waals surface area contributed by atoms with E-state index in [0.29, 0.717) is 34.4 Å². The molecule has 1 saturated heterocycles. The quantitative estimate of drug-likeness (QED) is 0.820. The minimum atomic E-state index is -0.193. The summed E-state index contributed by atoms with van der Waals surface area (Å²) >= 11 is 11.8. The van der Waals surface area contributed by atoms with Crippen molar-refractivity contribution >= 4 is 40.5 Å². The van der Waals surface area contributed by atoms with Gasteiger partial charge in [-0.15, -0.1) is 0 Å². The van der Waals surface area contributed by atoms with E-state index >= 15 is 0 Å². The number of benzene rings is 2. The predicted molar refractivity (Wildman–Crippen MR) is 105 cm³/mol. The molecule has 1 fully saturated rings. The van der Waals surface area contributed by atoms with Gasteiger partial charge in [-0.25, -0.2) is 4.39 Å². The van der Waals surface area contributed by atoms with Gasteiger partial charge in [-0.2, -0.15) is 0 Å². The van der Waals surface area contributed by atoms with Crippen LogP contribution in [-0.4, -0.2) is 43.5 Å². The molecule has 0 bridgehead atoms. The number of amides is 1. The number of piperazine rings is 1. The Balaban J connectivity index is 1.44. The minimum absolute atomic E-state index is 0.0695. The second-order valence-corrected chi connectivity index (χ2v) is 7.02. The van der Waals surface area contributed by atoms with Crippen LogP contribution in [0, 0.1) is 5.82 Å². The number of rotatable bonds is 5. The average molecular weight is 396 g/mol. The molecule has 0 aromatic heterocycles. The highest BCUT2D eigenvalue weighted by atomic mass is 35.5. The maximum atomic E-state index is 13.9. The Morgan fingerprint density at radius 3 is 2.46 bits per heavy atom. The van der Waals surface area contributed by atoms with Crippen LogP contribution in [0.25, 0.3) is 0 Å². The van der Waals surface area contributed by atoms with E-state index in [9.17, 15) is 9.18 Å². The van der Waals surface area contributed by atoms with E-state index in [1.807, 2.05) is 11.0 Å². The first kappa shape index (κ1) is 19.0. The number of para-hydroxylation sites is 1. The number of nitrogens with zero attached hydrogens (tertiary/aromatic N) is 2. The summed E-state index contributed by atoms with van der Waals surface area (Å²) in [5.41, 5.74) is 1.28. The van der Waals surface area contributed by atoms with Gasteiger partial charge in [0, 0.05) is 44.8 Å². The summed E-state index contributed by atoms with van der Waals surface area (Å²) in [5, 5.41) is 3.69. The van der Waals surface area contributed by atoms with Crippen molar-refractivity contribution in [2.45, 2.75) is 6.42 Å². The van der Waals surface area contributed by atoms with Gasteiger partial charge < -0.3 is 10.2 Å². The molecular formula is C19H20Cl2FN3O. The van der Waals surface area contributed by atoms with Gasteiger partial charge in [0.05, 0.1) is 15.7 Å². The molecule has 138 valence electrons. The fourth-order valence-electron chi connectivity index (χ4n) is 2.98. The standard InChI is InChI=1S/C19H20Cl2FN3O/c20-15-6-5-14(13-16(15)21)23-19(26)7-8-24-9-11-25(12-10-24)18-4-2-1-3-17(18)22/h1-6,13H,7-12H2,(H,23,26). The van der Waals surface area contributed by atoms with Crippen molar-refractivity contribution in [3.63, 3.8) is 0 Å². The predicted octanol–water partition coefficient (Wildman–Crippen LogP) is 4.28. The zero-order valence-electron chi connectivity index (χ0n) is 14.2. The van der Waals surface area contributed by atoms with Gasteiger partial charge >= 0.3 is 0 Å². The van der Waals surface area contributed by atoms with Gasteiger partial charge in [-0.1, -0.05) is 35.3 Å². The number of carbonyl (C=O) groups is 1. The van der Waals surface area contributed by atoms with Crippen molar-refractivity contribution in [1.29, 1.82) is 0 Å². The first-order valence-electron chi connectivity index (χ1n) is 8.49. The highest BCUT2D eigenvalue weighted by Gasteiger charge is 2.19. The number of anilines is 2. The molecule has 26 heavy (non-hydrogen) atoms. The van der Waals surface area contributed by atoms with E-state index < -0.39 is 0 Å². The summed E-state index contributed by atoms with van der Waals surface area (Å²) in [6.07, 6.45) is 0.389. The van der Waals surface area contributed by atoms with Gasteiger partial charge in [0.2, 0.25) is 5.91 Å². The van der Waals surface area contributed by atoms with Crippen LogP contribution in [-0.2, 0) is 4.79 Å². The van der Waals surface area contributed by atoms with Gasteiger partial charge in [0.1, 0.15) is 5.82 Å². The number of carbonyl (C=O) groups excluding carboxylic acids is 1. The summed E-state index contributed by atoms with van der Waals surface area (Å²) in [4.78, 5) is 16.4. The summed E-state index contributed by atoms with van der Waals surface area (Å²) in [7, 11) is 0. The van der Waals surface area contributed by atoms with Crippen LogP contribution in [0.5, 0.6) is 0 Å². The number of hydrogen-bond donors (Lipinski definition) is 1. The van der Waals surface area contributed by atoms with Crippen molar-refractivity contribution in [1.82, 2.24) is 4.90 Å². The van der Waals surface area contributed by atoms with Crippen LogP contribution >= 0.6 is 23.2 Å². The molecule has 0 saturated carbocycles. The first-order chi connectivity index (χ1) is 12.5. The molecule has 0 radical (unpaired) electrons. The molecule has 4 nitrogen and oxygen atoms in total. The van der Waals surface area contributed by atoms with Crippen LogP contribution < -0.4 is 10.2 Å². The van der Waals surface area contributed by atoms with E-state index in [4.69, 9.17) is 23.2 Å². The fourth-order valence-corrected chi connectivity index (χ4v) is 3.28. The lowest BCUT2D eigenvalue weighted by Crippen LogP contribution is -2.47. The van der Waals surface area contributed by atoms with E-state index in [1.54, 1.807) is 30.3 Å². The number of nitrogens with one attached hydrogen (secondary N) is 1. The molecule has 1 heterocycles.